The molecule has 3 aliphatic rings. The fourth-order valence-corrected chi connectivity index (χ4v) is 4.32. The first kappa shape index (κ1) is 18.8. The summed E-state index contributed by atoms with van der Waals surface area (Å²) < 4.78 is 10.9. The minimum Gasteiger partial charge on any atom is -0.497 e. The van der Waals surface area contributed by atoms with Gasteiger partial charge in [-0.1, -0.05) is 36.4 Å². The molecule has 5 nitrogen and oxygen atoms in total. The number of carbonyl (C=O) groups is 1. The van der Waals surface area contributed by atoms with Gasteiger partial charge in [-0.2, -0.15) is 0 Å². The molecule has 3 heterocycles. The van der Waals surface area contributed by atoms with Crippen molar-refractivity contribution in [3.63, 3.8) is 0 Å². The highest BCUT2D eigenvalue weighted by Gasteiger charge is 2.36. The average molecular weight is 380 g/mol. The van der Waals surface area contributed by atoms with Crippen LogP contribution >= 0.6 is 0 Å². The Labute approximate surface area is 166 Å². The van der Waals surface area contributed by atoms with E-state index in [2.05, 4.69) is 35.2 Å². The second-order valence-electron chi connectivity index (χ2n) is 7.78. The lowest BCUT2D eigenvalue weighted by atomic mass is 9.94. The first-order valence-corrected chi connectivity index (χ1v) is 10.0. The minimum absolute atomic E-state index is 0.0706. The van der Waals surface area contributed by atoms with Crippen molar-refractivity contribution < 1.29 is 14.3 Å². The summed E-state index contributed by atoms with van der Waals surface area (Å²) in [7, 11) is 1.62. The molecule has 1 amide bonds. The van der Waals surface area contributed by atoms with E-state index in [0.29, 0.717) is 17.7 Å². The predicted octanol–water partition coefficient (Wildman–Crippen LogP) is 3.20. The fraction of sp³-hybridized carbons (Fsp3) is 0.435. The number of methoxy groups -OCH3 is 1. The summed E-state index contributed by atoms with van der Waals surface area (Å²) in [6, 6.07) is 18.4. The van der Waals surface area contributed by atoms with Crippen LogP contribution in [0.2, 0.25) is 0 Å². The highest BCUT2D eigenvalue weighted by atomic mass is 16.5. The van der Waals surface area contributed by atoms with Crippen molar-refractivity contribution in [2.75, 3.05) is 33.4 Å². The van der Waals surface area contributed by atoms with Crippen molar-refractivity contribution in [2.45, 2.75) is 25.4 Å². The van der Waals surface area contributed by atoms with Gasteiger partial charge in [0.2, 0.25) is 0 Å². The molecule has 2 aromatic rings. The van der Waals surface area contributed by atoms with Gasteiger partial charge >= 0.3 is 0 Å². The van der Waals surface area contributed by atoms with Crippen molar-refractivity contribution in [3.05, 3.63) is 60.2 Å². The minimum atomic E-state index is 0.0706. The number of rotatable bonds is 6. The molecule has 0 aliphatic carbocycles. The maximum Gasteiger partial charge on any atom is 0.260 e. The van der Waals surface area contributed by atoms with E-state index >= 15 is 0 Å². The Morgan fingerprint density at radius 1 is 1.00 bits per heavy atom. The molecular formula is C23H28N2O3. The van der Waals surface area contributed by atoms with E-state index in [0.717, 1.165) is 38.3 Å². The lowest BCUT2D eigenvalue weighted by molar-refractivity contribution is -0.133. The molecule has 0 saturated carbocycles. The SMILES string of the molecule is COc1cccc(OCC(=O)N2C[C@@H]3CC[C@H](C2)N(Cc2ccccc2)C3)c1. The first-order valence-electron chi connectivity index (χ1n) is 10.0. The Morgan fingerprint density at radius 2 is 1.82 bits per heavy atom. The van der Waals surface area contributed by atoms with Crippen molar-refractivity contribution in [2.24, 2.45) is 5.92 Å². The lowest BCUT2D eigenvalue weighted by Crippen LogP contribution is -2.44. The topological polar surface area (TPSA) is 42.0 Å². The number of hydrogen-bond acceptors (Lipinski definition) is 4. The maximum absolute atomic E-state index is 12.8. The third kappa shape index (κ3) is 4.47. The molecule has 2 atom stereocenters. The standard InChI is InChI=1S/C23H28N2O3/c1-27-21-8-5-9-22(12-21)28-17-23(26)25-15-19-10-11-20(16-25)24(14-19)13-18-6-3-2-4-7-18/h2-9,12,19-20H,10-11,13-17H2,1H3/t19-,20-/m1/s1. The summed E-state index contributed by atoms with van der Waals surface area (Å²) in [6.07, 6.45) is 2.37. The normalized spacial score (nSPS) is 22.0. The summed E-state index contributed by atoms with van der Waals surface area (Å²) in [5.74, 6) is 2.01. The smallest absolute Gasteiger partial charge is 0.260 e. The zero-order valence-corrected chi connectivity index (χ0v) is 16.4. The van der Waals surface area contributed by atoms with Crippen LogP contribution in [0.4, 0.5) is 0 Å². The second kappa shape index (κ2) is 8.65. The Hall–Kier alpha value is -2.53. The van der Waals surface area contributed by atoms with Crippen LogP contribution in [0.5, 0.6) is 11.5 Å². The van der Waals surface area contributed by atoms with Crippen molar-refractivity contribution in [1.82, 2.24) is 9.80 Å². The Bertz CT molecular complexity index is 795. The molecule has 0 unspecified atom stereocenters. The zero-order valence-electron chi connectivity index (χ0n) is 16.4. The largest absolute Gasteiger partial charge is 0.497 e. The van der Waals surface area contributed by atoms with Crippen LogP contribution < -0.4 is 9.47 Å². The lowest BCUT2D eigenvalue weighted by Gasteiger charge is -2.36. The summed E-state index contributed by atoms with van der Waals surface area (Å²) in [6.45, 7) is 3.74. The second-order valence-corrected chi connectivity index (χ2v) is 7.78. The van der Waals surface area contributed by atoms with E-state index in [1.165, 1.54) is 12.0 Å². The highest BCUT2D eigenvalue weighted by Crippen LogP contribution is 2.29. The van der Waals surface area contributed by atoms with Crippen molar-refractivity contribution in [3.8, 4) is 11.5 Å². The number of amides is 1. The van der Waals surface area contributed by atoms with E-state index in [-0.39, 0.29) is 12.5 Å². The molecule has 2 aromatic carbocycles. The van der Waals surface area contributed by atoms with Gasteiger partial charge in [0.05, 0.1) is 7.11 Å². The Morgan fingerprint density at radius 3 is 2.64 bits per heavy atom. The third-order valence-corrected chi connectivity index (χ3v) is 5.81. The molecule has 5 heteroatoms. The number of carbonyl (C=O) groups excluding carboxylic acids is 1. The van der Waals surface area contributed by atoms with E-state index in [4.69, 9.17) is 9.47 Å². The van der Waals surface area contributed by atoms with Crippen molar-refractivity contribution in [1.29, 1.82) is 0 Å². The van der Waals surface area contributed by atoms with Gasteiger partial charge in [-0.15, -0.1) is 0 Å². The summed E-state index contributed by atoms with van der Waals surface area (Å²) in [5, 5.41) is 0. The molecule has 3 fully saturated rings. The number of ether oxygens (including phenoxy) is 2. The van der Waals surface area contributed by atoms with Gasteiger partial charge in [0.15, 0.2) is 6.61 Å². The number of piperidine rings is 1. The average Bonchev–Trinajstić information content (AvgIpc) is 3.05. The molecule has 0 aromatic heterocycles. The van der Waals surface area contributed by atoms with Gasteiger partial charge < -0.3 is 14.4 Å². The monoisotopic (exact) mass is 380 g/mol. The van der Waals surface area contributed by atoms with Crippen LogP contribution in [0.15, 0.2) is 54.6 Å². The van der Waals surface area contributed by atoms with E-state index in [1.807, 2.05) is 23.1 Å². The van der Waals surface area contributed by atoms with E-state index < -0.39 is 0 Å². The fourth-order valence-electron chi connectivity index (χ4n) is 4.32. The molecule has 0 N–H and O–H groups in total. The zero-order chi connectivity index (χ0) is 19.3. The summed E-state index contributed by atoms with van der Waals surface area (Å²) in [4.78, 5) is 17.4. The number of hydrogen-bond donors (Lipinski definition) is 0. The molecule has 5 rings (SSSR count). The van der Waals surface area contributed by atoms with Gasteiger partial charge in [-0.3, -0.25) is 9.69 Å². The molecule has 2 bridgehead atoms. The Kier molecular flexibility index (Phi) is 5.81. The quantitative estimate of drug-likeness (QED) is 0.772. The van der Waals surface area contributed by atoms with Crippen LogP contribution in [-0.2, 0) is 11.3 Å². The van der Waals surface area contributed by atoms with Gasteiger partial charge in [-0.05, 0) is 36.5 Å². The van der Waals surface area contributed by atoms with E-state index in [1.54, 1.807) is 13.2 Å². The van der Waals surface area contributed by atoms with Gasteiger partial charge in [-0.25, -0.2) is 0 Å². The van der Waals surface area contributed by atoms with Crippen LogP contribution in [0.1, 0.15) is 18.4 Å². The summed E-state index contributed by atoms with van der Waals surface area (Å²) in [5.41, 5.74) is 1.34. The molecule has 3 aliphatic heterocycles. The molecule has 148 valence electrons. The van der Waals surface area contributed by atoms with Crippen LogP contribution in [0, 0.1) is 5.92 Å². The molecule has 3 saturated heterocycles. The van der Waals surface area contributed by atoms with Crippen LogP contribution in [0.25, 0.3) is 0 Å². The third-order valence-electron chi connectivity index (χ3n) is 5.81. The molecule has 28 heavy (non-hydrogen) atoms. The van der Waals surface area contributed by atoms with Crippen LogP contribution in [0.3, 0.4) is 0 Å². The van der Waals surface area contributed by atoms with Crippen LogP contribution in [-0.4, -0.2) is 55.1 Å². The number of fused-ring (bicyclic) bond motifs is 4. The van der Waals surface area contributed by atoms with Gasteiger partial charge in [0.25, 0.3) is 5.91 Å². The maximum atomic E-state index is 12.8. The van der Waals surface area contributed by atoms with Gasteiger partial charge in [0.1, 0.15) is 11.5 Å². The Balaban J connectivity index is 1.36. The van der Waals surface area contributed by atoms with Gasteiger partial charge in [0, 0.05) is 38.3 Å². The highest BCUT2D eigenvalue weighted by molar-refractivity contribution is 5.78. The summed E-state index contributed by atoms with van der Waals surface area (Å²) >= 11 is 0. The molecular weight excluding hydrogens is 352 g/mol. The van der Waals surface area contributed by atoms with Crippen molar-refractivity contribution >= 4 is 5.91 Å². The van der Waals surface area contributed by atoms with E-state index in [9.17, 15) is 4.79 Å². The first-order chi connectivity index (χ1) is 13.7. The predicted molar refractivity (Wildman–Crippen MR) is 108 cm³/mol. The number of benzene rings is 2. The molecule has 0 radical (unpaired) electrons. The number of nitrogens with zero attached hydrogens (tertiary/aromatic N) is 2. The molecule has 0 spiro atoms.